The molecule has 0 unspecified atom stereocenters. The van der Waals surface area contributed by atoms with Crippen LogP contribution in [-0.2, 0) is 0 Å². The lowest BCUT2D eigenvalue weighted by Crippen LogP contribution is -2.22. The van der Waals surface area contributed by atoms with Gasteiger partial charge >= 0.3 is 6.09 Å². The van der Waals surface area contributed by atoms with E-state index in [1.807, 2.05) is 13.8 Å². The van der Waals surface area contributed by atoms with Crippen molar-refractivity contribution in [1.29, 1.82) is 0 Å². The second-order valence-corrected chi connectivity index (χ2v) is 4.36. The summed E-state index contributed by atoms with van der Waals surface area (Å²) in [5.41, 5.74) is 0.000225. The van der Waals surface area contributed by atoms with E-state index >= 15 is 0 Å². The second-order valence-electron chi connectivity index (χ2n) is 4.36. The van der Waals surface area contributed by atoms with Gasteiger partial charge in [0.25, 0.3) is 0 Å². The number of nitrogens with one attached hydrogen (secondary N) is 1. The van der Waals surface area contributed by atoms with E-state index in [1.54, 1.807) is 0 Å². The Morgan fingerprint density at radius 2 is 1.93 bits per heavy atom. The Hall–Kier alpha value is -0.770. The summed E-state index contributed by atoms with van der Waals surface area (Å²) in [6.07, 6.45) is 2.93. The maximum atomic E-state index is 10.1. The SMILES string of the molecule is CC(C)(CO)CCCCCNC(=O)O. The summed E-state index contributed by atoms with van der Waals surface area (Å²) in [6.45, 7) is 4.79. The summed E-state index contributed by atoms with van der Waals surface area (Å²) in [7, 11) is 0. The van der Waals surface area contributed by atoms with Gasteiger partial charge in [-0.05, 0) is 18.3 Å². The Morgan fingerprint density at radius 3 is 2.43 bits per heavy atom. The zero-order chi connectivity index (χ0) is 11.0. The molecule has 0 saturated heterocycles. The van der Waals surface area contributed by atoms with Crippen LogP contribution in [0.5, 0.6) is 0 Å². The quantitative estimate of drug-likeness (QED) is 0.553. The minimum absolute atomic E-state index is 0.000225. The maximum Gasteiger partial charge on any atom is 0.404 e. The molecule has 0 spiro atoms. The highest BCUT2D eigenvalue weighted by molar-refractivity contribution is 5.64. The average Bonchev–Trinajstić information content (AvgIpc) is 2.10. The molecule has 0 saturated carbocycles. The molecule has 14 heavy (non-hydrogen) atoms. The Morgan fingerprint density at radius 1 is 1.29 bits per heavy atom. The smallest absolute Gasteiger partial charge is 0.404 e. The number of hydrogen-bond acceptors (Lipinski definition) is 2. The molecular formula is C10H21NO3. The molecule has 1 amide bonds. The van der Waals surface area contributed by atoms with Crippen molar-refractivity contribution < 1.29 is 15.0 Å². The first-order chi connectivity index (χ1) is 6.48. The molecule has 0 fully saturated rings. The Kier molecular flexibility index (Phi) is 6.28. The molecule has 4 heteroatoms. The molecule has 3 N–H and O–H groups in total. The zero-order valence-corrected chi connectivity index (χ0v) is 9.05. The molecule has 0 aromatic heterocycles. The summed E-state index contributed by atoms with van der Waals surface area (Å²) in [4.78, 5) is 10.1. The van der Waals surface area contributed by atoms with Gasteiger partial charge in [-0.2, -0.15) is 0 Å². The van der Waals surface area contributed by atoms with E-state index in [4.69, 9.17) is 10.2 Å². The predicted molar refractivity (Wildman–Crippen MR) is 55.4 cm³/mol. The van der Waals surface area contributed by atoms with Gasteiger partial charge in [0.2, 0.25) is 0 Å². The van der Waals surface area contributed by atoms with Gasteiger partial charge < -0.3 is 15.5 Å². The van der Waals surface area contributed by atoms with Gasteiger partial charge in [-0.15, -0.1) is 0 Å². The third-order valence-corrected chi connectivity index (χ3v) is 2.23. The molecule has 84 valence electrons. The fraction of sp³-hybridized carbons (Fsp3) is 0.900. The van der Waals surface area contributed by atoms with Crippen molar-refractivity contribution in [2.45, 2.75) is 39.5 Å². The van der Waals surface area contributed by atoms with Gasteiger partial charge in [-0.25, -0.2) is 4.79 Å². The fourth-order valence-corrected chi connectivity index (χ4v) is 1.18. The van der Waals surface area contributed by atoms with Gasteiger partial charge in [-0.1, -0.05) is 26.7 Å². The topological polar surface area (TPSA) is 69.6 Å². The van der Waals surface area contributed by atoms with E-state index < -0.39 is 6.09 Å². The molecule has 0 aromatic rings. The number of rotatable bonds is 7. The number of aliphatic hydroxyl groups is 1. The molecule has 0 aliphatic rings. The third kappa shape index (κ3) is 7.86. The number of carbonyl (C=O) groups is 1. The minimum atomic E-state index is -0.958. The van der Waals surface area contributed by atoms with Crippen molar-refractivity contribution in [3.63, 3.8) is 0 Å². The summed E-state index contributed by atoms with van der Waals surface area (Å²) in [5, 5.41) is 19.6. The monoisotopic (exact) mass is 203 g/mol. The molecule has 0 bridgehead atoms. The lowest BCUT2D eigenvalue weighted by Gasteiger charge is -2.20. The van der Waals surface area contributed by atoms with E-state index in [0.717, 1.165) is 25.7 Å². The highest BCUT2D eigenvalue weighted by Crippen LogP contribution is 2.22. The van der Waals surface area contributed by atoms with Crippen LogP contribution < -0.4 is 5.32 Å². The largest absolute Gasteiger partial charge is 0.465 e. The lowest BCUT2D eigenvalue weighted by molar-refractivity contribution is 0.147. The Balaban J connectivity index is 3.25. The van der Waals surface area contributed by atoms with Gasteiger partial charge in [0.05, 0.1) is 0 Å². The molecule has 0 rings (SSSR count). The first-order valence-corrected chi connectivity index (χ1v) is 5.05. The van der Waals surface area contributed by atoms with E-state index in [-0.39, 0.29) is 12.0 Å². The number of aliphatic hydroxyl groups excluding tert-OH is 1. The van der Waals surface area contributed by atoms with Crippen molar-refractivity contribution in [1.82, 2.24) is 5.32 Å². The summed E-state index contributed by atoms with van der Waals surface area (Å²) in [6, 6.07) is 0. The highest BCUT2D eigenvalue weighted by Gasteiger charge is 2.14. The van der Waals surface area contributed by atoms with Crippen LogP contribution in [0, 0.1) is 5.41 Å². The first kappa shape index (κ1) is 13.2. The first-order valence-electron chi connectivity index (χ1n) is 5.05. The van der Waals surface area contributed by atoms with Crippen LogP contribution in [0.15, 0.2) is 0 Å². The number of unbranched alkanes of at least 4 members (excludes halogenated alkanes) is 2. The number of amides is 1. The van der Waals surface area contributed by atoms with Crippen LogP contribution in [0.4, 0.5) is 4.79 Å². The van der Waals surface area contributed by atoms with Crippen LogP contribution in [-0.4, -0.2) is 29.5 Å². The van der Waals surface area contributed by atoms with Crippen LogP contribution >= 0.6 is 0 Å². The van der Waals surface area contributed by atoms with Gasteiger partial charge in [0, 0.05) is 13.2 Å². The standard InChI is InChI=1S/C10H21NO3/c1-10(2,8-12)6-4-3-5-7-11-9(13)14/h11-12H,3-8H2,1-2H3,(H,13,14). The van der Waals surface area contributed by atoms with Crippen molar-refractivity contribution in [3.8, 4) is 0 Å². The molecule has 0 aliphatic carbocycles. The van der Waals surface area contributed by atoms with Crippen molar-refractivity contribution in [2.75, 3.05) is 13.2 Å². The molecule has 0 atom stereocenters. The molecular weight excluding hydrogens is 182 g/mol. The fourth-order valence-electron chi connectivity index (χ4n) is 1.18. The Labute approximate surface area is 85.3 Å². The number of carboxylic acid groups (broad SMARTS) is 1. The summed E-state index contributed by atoms with van der Waals surface area (Å²) < 4.78 is 0. The van der Waals surface area contributed by atoms with Gasteiger partial charge in [0.1, 0.15) is 0 Å². The maximum absolute atomic E-state index is 10.1. The van der Waals surface area contributed by atoms with Crippen LogP contribution in [0.3, 0.4) is 0 Å². The van der Waals surface area contributed by atoms with E-state index in [2.05, 4.69) is 5.32 Å². The number of hydrogen-bond donors (Lipinski definition) is 3. The minimum Gasteiger partial charge on any atom is -0.465 e. The summed E-state index contributed by atoms with van der Waals surface area (Å²) in [5.74, 6) is 0. The molecule has 4 nitrogen and oxygen atoms in total. The lowest BCUT2D eigenvalue weighted by atomic mass is 9.88. The van der Waals surface area contributed by atoms with Crippen molar-refractivity contribution in [3.05, 3.63) is 0 Å². The highest BCUT2D eigenvalue weighted by atomic mass is 16.4. The molecule has 0 heterocycles. The zero-order valence-electron chi connectivity index (χ0n) is 9.05. The molecule has 0 radical (unpaired) electrons. The molecule has 0 aromatic carbocycles. The van der Waals surface area contributed by atoms with Gasteiger partial charge in [-0.3, -0.25) is 0 Å². The molecule has 0 aliphatic heterocycles. The van der Waals surface area contributed by atoms with Crippen molar-refractivity contribution >= 4 is 6.09 Å². The van der Waals surface area contributed by atoms with Crippen LogP contribution in [0.2, 0.25) is 0 Å². The van der Waals surface area contributed by atoms with Crippen LogP contribution in [0.1, 0.15) is 39.5 Å². The Bertz CT molecular complexity index is 169. The normalized spacial score (nSPS) is 11.4. The van der Waals surface area contributed by atoms with E-state index in [9.17, 15) is 4.79 Å². The summed E-state index contributed by atoms with van der Waals surface area (Å²) >= 11 is 0. The van der Waals surface area contributed by atoms with E-state index in [1.165, 1.54) is 0 Å². The third-order valence-electron chi connectivity index (χ3n) is 2.23. The predicted octanol–water partition coefficient (Wildman–Crippen LogP) is 1.83. The van der Waals surface area contributed by atoms with Gasteiger partial charge in [0.15, 0.2) is 0 Å². The van der Waals surface area contributed by atoms with Crippen molar-refractivity contribution in [2.24, 2.45) is 5.41 Å². The second kappa shape index (κ2) is 6.65. The van der Waals surface area contributed by atoms with E-state index in [0.29, 0.717) is 6.54 Å². The average molecular weight is 203 g/mol. The van der Waals surface area contributed by atoms with Crippen LogP contribution in [0.25, 0.3) is 0 Å².